The van der Waals surface area contributed by atoms with Gasteiger partial charge in [0.25, 0.3) is 0 Å². The van der Waals surface area contributed by atoms with Gasteiger partial charge in [0.1, 0.15) is 6.07 Å². The number of rotatable bonds is 7. The summed E-state index contributed by atoms with van der Waals surface area (Å²) in [6.07, 6.45) is 1.85. The molecule has 0 bridgehead atoms. The van der Waals surface area contributed by atoms with Crippen molar-refractivity contribution in [2.75, 3.05) is 25.6 Å². The van der Waals surface area contributed by atoms with Gasteiger partial charge in [0, 0.05) is 17.6 Å². The third-order valence-corrected chi connectivity index (χ3v) is 3.08. The molecule has 0 aliphatic heterocycles. The average molecular weight is 312 g/mol. The van der Waals surface area contributed by atoms with Gasteiger partial charge in [-0.25, -0.2) is 0 Å². The summed E-state index contributed by atoms with van der Waals surface area (Å²) in [5, 5.41) is 12.4. The molecule has 5 heteroatoms. The topological polar surface area (TPSA) is 71.1 Å². The second kappa shape index (κ2) is 8.09. The Balaban J connectivity index is 2.76. The molecule has 0 heterocycles. The molecule has 1 aromatic rings. The molecule has 0 aromatic heterocycles. The van der Waals surface area contributed by atoms with E-state index >= 15 is 0 Å². The average Bonchev–Trinajstić information content (AvgIpc) is 2.38. The zero-order valence-corrected chi connectivity index (χ0v) is 12.0. The Morgan fingerprint density at radius 1 is 1.56 bits per heavy atom. The van der Waals surface area contributed by atoms with E-state index in [2.05, 4.69) is 27.3 Å². The SMILES string of the molecule is COCC(CCCN)Nc1ccc(Br)cc1C#N. The molecule has 1 atom stereocenters. The second-order valence-corrected chi connectivity index (χ2v) is 4.94. The fraction of sp³-hybridized carbons (Fsp3) is 0.462. The van der Waals surface area contributed by atoms with Crippen LogP contribution in [0.4, 0.5) is 5.69 Å². The number of nitrogens with one attached hydrogen (secondary N) is 1. The lowest BCUT2D eigenvalue weighted by molar-refractivity contribution is 0.182. The number of halogens is 1. The van der Waals surface area contributed by atoms with Crippen LogP contribution >= 0.6 is 15.9 Å². The van der Waals surface area contributed by atoms with E-state index in [0.717, 1.165) is 23.0 Å². The van der Waals surface area contributed by atoms with Crippen molar-refractivity contribution in [1.82, 2.24) is 0 Å². The molecule has 3 N–H and O–H groups in total. The summed E-state index contributed by atoms with van der Waals surface area (Å²) in [4.78, 5) is 0. The van der Waals surface area contributed by atoms with E-state index in [-0.39, 0.29) is 6.04 Å². The number of hydrogen-bond acceptors (Lipinski definition) is 4. The molecule has 0 saturated heterocycles. The second-order valence-electron chi connectivity index (χ2n) is 4.03. The first kappa shape index (κ1) is 15.0. The molecule has 0 amide bonds. The molecule has 1 rings (SSSR count). The molecular weight excluding hydrogens is 294 g/mol. The number of ether oxygens (including phenoxy) is 1. The molecule has 0 spiro atoms. The third-order valence-electron chi connectivity index (χ3n) is 2.59. The molecular formula is C13H18BrN3O. The van der Waals surface area contributed by atoms with E-state index < -0.39 is 0 Å². The molecule has 0 aliphatic rings. The van der Waals surface area contributed by atoms with Crippen LogP contribution in [-0.2, 0) is 4.74 Å². The highest BCUT2D eigenvalue weighted by atomic mass is 79.9. The molecule has 0 saturated carbocycles. The minimum Gasteiger partial charge on any atom is -0.383 e. The van der Waals surface area contributed by atoms with E-state index in [0.29, 0.717) is 18.7 Å². The van der Waals surface area contributed by atoms with Crippen LogP contribution in [0.25, 0.3) is 0 Å². The molecule has 4 nitrogen and oxygen atoms in total. The maximum atomic E-state index is 9.10. The van der Waals surface area contributed by atoms with Crippen LogP contribution in [0.2, 0.25) is 0 Å². The summed E-state index contributed by atoms with van der Waals surface area (Å²) in [6.45, 7) is 1.26. The van der Waals surface area contributed by atoms with Gasteiger partial charge in [-0.1, -0.05) is 15.9 Å². The van der Waals surface area contributed by atoms with Crippen molar-refractivity contribution in [1.29, 1.82) is 5.26 Å². The van der Waals surface area contributed by atoms with Gasteiger partial charge < -0.3 is 15.8 Å². The quantitative estimate of drug-likeness (QED) is 0.811. The summed E-state index contributed by atoms with van der Waals surface area (Å²) in [5.74, 6) is 0. The molecule has 1 aromatic carbocycles. The van der Waals surface area contributed by atoms with Crippen LogP contribution in [0.1, 0.15) is 18.4 Å². The number of nitrogens with two attached hydrogens (primary N) is 1. The molecule has 0 radical (unpaired) electrons. The molecule has 98 valence electrons. The first-order valence-corrected chi connectivity index (χ1v) is 6.65. The summed E-state index contributed by atoms with van der Waals surface area (Å²) in [7, 11) is 1.67. The lowest BCUT2D eigenvalue weighted by atomic mass is 10.1. The van der Waals surface area contributed by atoms with E-state index in [9.17, 15) is 0 Å². The minimum absolute atomic E-state index is 0.173. The van der Waals surface area contributed by atoms with Crippen molar-refractivity contribution < 1.29 is 4.74 Å². The number of anilines is 1. The molecule has 0 fully saturated rings. The smallest absolute Gasteiger partial charge is 0.101 e. The van der Waals surface area contributed by atoms with Crippen molar-refractivity contribution in [3.63, 3.8) is 0 Å². The van der Waals surface area contributed by atoms with Crippen LogP contribution in [0.15, 0.2) is 22.7 Å². The zero-order chi connectivity index (χ0) is 13.4. The van der Waals surface area contributed by atoms with Crippen LogP contribution < -0.4 is 11.1 Å². The van der Waals surface area contributed by atoms with Crippen LogP contribution in [0, 0.1) is 11.3 Å². The Labute approximate surface area is 116 Å². The first-order valence-electron chi connectivity index (χ1n) is 5.86. The van der Waals surface area contributed by atoms with Crippen LogP contribution in [0.5, 0.6) is 0 Å². The van der Waals surface area contributed by atoms with Crippen LogP contribution in [0.3, 0.4) is 0 Å². The summed E-state index contributed by atoms with van der Waals surface area (Å²) in [5.41, 5.74) is 6.97. The largest absolute Gasteiger partial charge is 0.383 e. The molecule has 0 aliphatic carbocycles. The Morgan fingerprint density at radius 2 is 2.33 bits per heavy atom. The summed E-state index contributed by atoms with van der Waals surface area (Å²) in [6, 6.07) is 7.96. The molecule has 18 heavy (non-hydrogen) atoms. The monoisotopic (exact) mass is 311 g/mol. The van der Waals surface area contributed by atoms with Gasteiger partial charge in [-0.15, -0.1) is 0 Å². The van der Waals surface area contributed by atoms with Crippen molar-refractivity contribution in [3.8, 4) is 6.07 Å². The highest BCUT2D eigenvalue weighted by molar-refractivity contribution is 9.10. The van der Waals surface area contributed by atoms with Crippen molar-refractivity contribution in [3.05, 3.63) is 28.2 Å². The lowest BCUT2D eigenvalue weighted by Crippen LogP contribution is -2.26. The van der Waals surface area contributed by atoms with Gasteiger partial charge in [-0.05, 0) is 37.6 Å². The van der Waals surface area contributed by atoms with E-state index in [1.54, 1.807) is 13.2 Å². The van der Waals surface area contributed by atoms with Crippen molar-refractivity contribution in [2.45, 2.75) is 18.9 Å². The van der Waals surface area contributed by atoms with Crippen molar-refractivity contribution in [2.24, 2.45) is 5.73 Å². The van der Waals surface area contributed by atoms with Gasteiger partial charge in [-0.3, -0.25) is 0 Å². The minimum atomic E-state index is 0.173. The van der Waals surface area contributed by atoms with Gasteiger partial charge in [0.2, 0.25) is 0 Å². The van der Waals surface area contributed by atoms with E-state index in [4.69, 9.17) is 15.7 Å². The van der Waals surface area contributed by atoms with E-state index in [1.807, 2.05) is 12.1 Å². The Hall–Kier alpha value is -1.09. The van der Waals surface area contributed by atoms with E-state index in [1.165, 1.54) is 0 Å². The number of nitrogens with zero attached hydrogens (tertiary/aromatic N) is 1. The first-order chi connectivity index (χ1) is 8.71. The fourth-order valence-electron chi connectivity index (χ4n) is 1.72. The number of nitriles is 1. The number of methoxy groups -OCH3 is 1. The van der Waals surface area contributed by atoms with Gasteiger partial charge >= 0.3 is 0 Å². The van der Waals surface area contributed by atoms with Gasteiger partial charge in [0.05, 0.1) is 17.9 Å². The highest BCUT2D eigenvalue weighted by Gasteiger charge is 2.10. The number of benzene rings is 1. The fourth-order valence-corrected chi connectivity index (χ4v) is 2.08. The van der Waals surface area contributed by atoms with Gasteiger partial charge in [0.15, 0.2) is 0 Å². The lowest BCUT2D eigenvalue weighted by Gasteiger charge is -2.19. The standard InChI is InChI=1S/C13H18BrN3O/c1-18-9-12(3-2-6-15)17-13-5-4-11(14)7-10(13)8-16/h4-5,7,12,17H,2-3,6,9,15H2,1H3. The maximum Gasteiger partial charge on any atom is 0.101 e. The Morgan fingerprint density at radius 3 is 2.94 bits per heavy atom. The summed E-state index contributed by atoms with van der Waals surface area (Å²) >= 11 is 3.36. The van der Waals surface area contributed by atoms with Crippen molar-refractivity contribution >= 4 is 21.6 Å². The Kier molecular flexibility index (Phi) is 6.73. The predicted octanol–water partition coefficient (Wildman–Crippen LogP) is 2.49. The zero-order valence-electron chi connectivity index (χ0n) is 10.4. The van der Waals surface area contributed by atoms with Gasteiger partial charge in [-0.2, -0.15) is 5.26 Å². The Bertz CT molecular complexity index is 417. The summed E-state index contributed by atoms with van der Waals surface area (Å²) < 4.78 is 6.07. The van der Waals surface area contributed by atoms with Crippen LogP contribution in [-0.4, -0.2) is 26.3 Å². The maximum absolute atomic E-state index is 9.10. The third kappa shape index (κ3) is 4.65. The predicted molar refractivity (Wildman–Crippen MR) is 76.4 cm³/mol. The highest BCUT2D eigenvalue weighted by Crippen LogP contribution is 2.21. The number of hydrogen-bond donors (Lipinski definition) is 2. The molecule has 1 unspecified atom stereocenters. The normalized spacial score (nSPS) is 11.9.